The van der Waals surface area contributed by atoms with Crippen molar-refractivity contribution in [2.24, 2.45) is 5.92 Å². The lowest BCUT2D eigenvalue weighted by Gasteiger charge is -2.39. The second-order valence-electron chi connectivity index (χ2n) is 11.4. The van der Waals surface area contributed by atoms with Crippen LogP contribution < -0.4 is 9.47 Å². The van der Waals surface area contributed by atoms with Crippen LogP contribution >= 0.6 is 10.6 Å². The van der Waals surface area contributed by atoms with Gasteiger partial charge in [0.05, 0.1) is 19.6 Å². The van der Waals surface area contributed by atoms with Crippen LogP contribution in [0.15, 0.2) is 60.7 Å². The van der Waals surface area contributed by atoms with Crippen LogP contribution in [0.1, 0.15) is 60.8 Å². The van der Waals surface area contributed by atoms with Crippen molar-refractivity contribution in [1.82, 2.24) is 0 Å². The average Bonchev–Trinajstić information content (AvgIpc) is 3.16. The summed E-state index contributed by atoms with van der Waals surface area (Å²) in [6.45, 7) is 3.89. The minimum absolute atomic E-state index is 0.0293. The van der Waals surface area contributed by atoms with E-state index in [0.717, 1.165) is 54.7 Å². The van der Waals surface area contributed by atoms with Crippen LogP contribution in [0.2, 0.25) is 0 Å². The summed E-state index contributed by atoms with van der Waals surface area (Å²) in [5.41, 5.74) is 7.15. The fourth-order valence-electron chi connectivity index (χ4n) is 5.87. The van der Waals surface area contributed by atoms with Gasteiger partial charge < -0.3 is 19.3 Å². The zero-order valence-electron chi connectivity index (χ0n) is 24.3. The zero-order valence-corrected chi connectivity index (χ0v) is 25.1. The number of benzene rings is 3. The van der Waals surface area contributed by atoms with Gasteiger partial charge in [0, 0.05) is 24.0 Å². The molecule has 2 aliphatic rings. The van der Waals surface area contributed by atoms with Gasteiger partial charge in [0.2, 0.25) is 0 Å². The van der Waals surface area contributed by atoms with Gasteiger partial charge >= 0.3 is 5.97 Å². The molecule has 0 saturated carbocycles. The minimum Gasteiger partial charge on any atom is -0.493 e. The van der Waals surface area contributed by atoms with E-state index in [2.05, 4.69) is 36.4 Å². The highest BCUT2D eigenvalue weighted by Gasteiger charge is 2.25. The van der Waals surface area contributed by atoms with Crippen molar-refractivity contribution < 1.29 is 33.2 Å². The molecule has 42 heavy (non-hydrogen) atoms. The number of rotatable bonds is 12. The molecule has 1 saturated heterocycles. The highest BCUT2D eigenvalue weighted by atomic mass is 32.3. The molecule has 1 aliphatic carbocycles. The Bertz CT molecular complexity index is 1340. The Labute approximate surface area is 250 Å². The first-order chi connectivity index (χ1) is 20.3. The Balaban J connectivity index is 1.23. The average molecular weight is 595 g/mol. The van der Waals surface area contributed by atoms with E-state index < -0.39 is 16.6 Å². The van der Waals surface area contributed by atoms with Crippen molar-refractivity contribution in [2.45, 2.75) is 58.0 Å². The molecule has 1 aliphatic heterocycles. The second kappa shape index (κ2) is 14.0. The molecule has 7 nitrogen and oxygen atoms in total. The topological polar surface area (TPSA) is 105 Å². The van der Waals surface area contributed by atoms with Crippen molar-refractivity contribution in [2.75, 3.05) is 31.3 Å². The Morgan fingerprint density at radius 1 is 0.905 bits per heavy atom. The molecule has 1 fully saturated rings. The van der Waals surface area contributed by atoms with Crippen molar-refractivity contribution >= 4 is 16.6 Å². The van der Waals surface area contributed by atoms with Crippen LogP contribution in [-0.4, -0.2) is 51.5 Å². The van der Waals surface area contributed by atoms with Gasteiger partial charge in [-0.1, -0.05) is 30.3 Å². The van der Waals surface area contributed by atoms with Crippen LogP contribution in [0, 0.1) is 5.92 Å². The van der Waals surface area contributed by atoms with E-state index in [1.165, 1.54) is 22.3 Å². The number of hydrogen-bond donors (Lipinski definition) is 3. The van der Waals surface area contributed by atoms with Crippen molar-refractivity contribution in [3.8, 4) is 22.6 Å². The number of carboxylic acid groups (broad SMARTS) is 1. The van der Waals surface area contributed by atoms with E-state index in [0.29, 0.717) is 43.9 Å². The molecule has 0 bridgehead atoms. The molecule has 0 aromatic heterocycles. The zero-order chi connectivity index (χ0) is 29.5. The molecule has 3 aromatic rings. The Morgan fingerprint density at radius 2 is 1.64 bits per heavy atom. The normalized spacial score (nSPS) is 17.8. The number of aliphatic carboxylic acids is 1. The van der Waals surface area contributed by atoms with E-state index >= 15 is 0 Å². The second-order valence-corrected chi connectivity index (χ2v) is 13.9. The molecule has 226 valence electrons. The SMILES string of the molecule is CCOC[C@@H](CC(=O)O)c1ccc(OCc2ccc3c(c2)-c2ccc(OCC4CCS(O)(O)CC4)cc2CCC3)cc1. The molecule has 0 radical (unpaired) electrons. The Morgan fingerprint density at radius 3 is 2.38 bits per heavy atom. The monoisotopic (exact) mass is 594 g/mol. The number of ether oxygens (including phenoxy) is 3. The van der Waals surface area contributed by atoms with Gasteiger partial charge in [-0.15, -0.1) is 0 Å². The lowest BCUT2D eigenvalue weighted by molar-refractivity contribution is -0.137. The summed E-state index contributed by atoms with van der Waals surface area (Å²) in [4.78, 5) is 11.3. The third-order valence-electron chi connectivity index (χ3n) is 8.33. The minimum atomic E-state index is -2.37. The standard InChI is InChI=1S/C34H42O7S/c1-2-39-23-29(20-34(35)36)26-8-10-30(11-9-26)40-22-25-6-7-27-4-3-5-28-19-31(12-13-32(28)33(27)18-25)41-21-24-14-16-42(37,38)17-15-24/h6-13,18-19,24,29,37-38H,2-5,14-17,20-23H2,1H3,(H,35,36)/t29-/m1/s1. The van der Waals surface area contributed by atoms with Crippen molar-refractivity contribution in [3.05, 3.63) is 82.9 Å². The van der Waals surface area contributed by atoms with Crippen LogP contribution in [0.4, 0.5) is 0 Å². The summed E-state index contributed by atoms with van der Waals surface area (Å²) in [6.07, 6.45) is 4.73. The number of fused-ring (bicyclic) bond motifs is 3. The first-order valence-corrected chi connectivity index (χ1v) is 16.8. The van der Waals surface area contributed by atoms with E-state index in [1.54, 1.807) is 0 Å². The third kappa shape index (κ3) is 8.07. The maximum absolute atomic E-state index is 11.3. The van der Waals surface area contributed by atoms with Crippen molar-refractivity contribution in [3.63, 3.8) is 0 Å². The lowest BCUT2D eigenvalue weighted by atomic mass is 9.94. The smallest absolute Gasteiger partial charge is 0.304 e. The van der Waals surface area contributed by atoms with Crippen LogP contribution in [0.3, 0.4) is 0 Å². The molecule has 0 amide bonds. The van der Waals surface area contributed by atoms with Gasteiger partial charge in [-0.3, -0.25) is 13.9 Å². The predicted octanol–water partition coefficient (Wildman–Crippen LogP) is 7.56. The number of carboxylic acids is 1. The molecular formula is C34H42O7S. The van der Waals surface area contributed by atoms with Gasteiger partial charge in [0.1, 0.15) is 18.1 Å². The molecule has 3 N–H and O–H groups in total. The number of aryl methyl sites for hydroxylation is 2. The summed E-state index contributed by atoms with van der Waals surface area (Å²) in [7, 11) is -2.37. The highest BCUT2D eigenvalue weighted by Crippen LogP contribution is 2.45. The molecule has 0 unspecified atom stereocenters. The summed E-state index contributed by atoms with van der Waals surface area (Å²) < 4.78 is 37.5. The number of carbonyl (C=O) groups is 1. The van der Waals surface area contributed by atoms with E-state index in [-0.39, 0.29) is 12.3 Å². The molecule has 8 heteroatoms. The fourth-order valence-corrected chi connectivity index (χ4v) is 7.49. The molecule has 1 heterocycles. The maximum atomic E-state index is 11.3. The van der Waals surface area contributed by atoms with Crippen molar-refractivity contribution in [1.29, 1.82) is 0 Å². The number of hydrogen-bond acceptors (Lipinski definition) is 6. The molecule has 0 spiro atoms. The molecule has 3 aromatic carbocycles. The van der Waals surface area contributed by atoms with E-state index in [1.807, 2.05) is 31.2 Å². The van der Waals surface area contributed by atoms with E-state index in [4.69, 9.17) is 14.2 Å². The highest BCUT2D eigenvalue weighted by molar-refractivity contribution is 8.24. The van der Waals surface area contributed by atoms with Crippen LogP contribution in [0.25, 0.3) is 11.1 Å². The quantitative estimate of drug-likeness (QED) is 0.199. The first-order valence-electron chi connectivity index (χ1n) is 14.9. The summed E-state index contributed by atoms with van der Waals surface area (Å²) in [6, 6.07) is 20.6. The largest absolute Gasteiger partial charge is 0.493 e. The predicted molar refractivity (Wildman–Crippen MR) is 167 cm³/mol. The van der Waals surface area contributed by atoms with Gasteiger partial charge in [0.25, 0.3) is 0 Å². The summed E-state index contributed by atoms with van der Waals surface area (Å²) in [5.74, 6) is 1.93. The van der Waals surface area contributed by atoms with Gasteiger partial charge in [0.15, 0.2) is 0 Å². The summed E-state index contributed by atoms with van der Waals surface area (Å²) >= 11 is 0. The lowest BCUT2D eigenvalue weighted by Crippen LogP contribution is -2.24. The van der Waals surface area contributed by atoms with Gasteiger partial charge in [-0.05, 0) is 109 Å². The summed E-state index contributed by atoms with van der Waals surface area (Å²) in [5, 5.41) is 9.27. The fraction of sp³-hybridized carbons (Fsp3) is 0.441. The van der Waals surface area contributed by atoms with Gasteiger partial charge in [-0.25, -0.2) is 0 Å². The third-order valence-corrected chi connectivity index (χ3v) is 10.1. The molecular weight excluding hydrogens is 552 g/mol. The van der Waals surface area contributed by atoms with Crippen LogP contribution in [0.5, 0.6) is 11.5 Å². The first kappa shape index (κ1) is 30.4. The van der Waals surface area contributed by atoms with E-state index in [9.17, 15) is 19.0 Å². The Hall–Kier alpha value is -3.04. The van der Waals surface area contributed by atoms with Crippen LogP contribution in [-0.2, 0) is 29.0 Å². The Kier molecular flexibility index (Phi) is 10.1. The molecule has 5 rings (SSSR count). The maximum Gasteiger partial charge on any atom is 0.304 e. The van der Waals surface area contributed by atoms with Gasteiger partial charge in [-0.2, -0.15) is 10.6 Å². The molecule has 1 atom stereocenters.